The number of amides is 2. The molecule has 2 amide bonds. The highest BCUT2D eigenvalue weighted by atomic mass is 19.1. The first kappa shape index (κ1) is 18.0. The van der Waals surface area contributed by atoms with Gasteiger partial charge in [0.2, 0.25) is 0 Å². The Kier molecular flexibility index (Phi) is 4.68. The Morgan fingerprint density at radius 2 is 1.75 bits per heavy atom. The van der Waals surface area contributed by atoms with Crippen molar-refractivity contribution in [3.63, 3.8) is 0 Å². The fraction of sp³-hybridized carbons (Fsp3) is 0.150. The van der Waals surface area contributed by atoms with Gasteiger partial charge in [-0.3, -0.25) is 0 Å². The molecule has 0 spiro atoms. The van der Waals surface area contributed by atoms with Crippen molar-refractivity contribution in [2.24, 2.45) is 0 Å². The van der Waals surface area contributed by atoms with Gasteiger partial charge in [-0.05, 0) is 36.4 Å². The molecule has 2 aromatic carbocycles. The summed E-state index contributed by atoms with van der Waals surface area (Å²) in [5.74, 6) is -1.53. The van der Waals surface area contributed by atoms with E-state index < -0.39 is 23.4 Å². The summed E-state index contributed by atoms with van der Waals surface area (Å²) in [5, 5.41) is 2.28. The molecule has 28 heavy (non-hydrogen) atoms. The summed E-state index contributed by atoms with van der Waals surface area (Å²) in [6.07, 6.45) is 2.09. The van der Waals surface area contributed by atoms with Gasteiger partial charge in [0.1, 0.15) is 23.1 Å². The van der Waals surface area contributed by atoms with E-state index in [9.17, 15) is 18.0 Å². The summed E-state index contributed by atoms with van der Waals surface area (Å²) in [5.41, 5.74) is 1.76. The third kappa shape index (κ3) is 3.53. The number of halogens is 3. The Morgan fingerprint density at radius 3 is 2.46 bits per heavy atom. The van der Waals surface area contributed by atoms with Crippen LogP contribution in [0.5, 0.6) is 0 Å². The van der Waals surface area contributed by atoms with Gasteiger partial charge in [0.05, 0.1) is 12.2 Å². The van der Waals surface area contributed by atoms with E-state index in [0.29, 0.717) is 24.4 Å². The van der Waals surface area contributed by atoms with E-state index in [1.165, 1.54) is 23.1 Å². The number of nitrogens with one attached hydrogen (secondary N) is 1. The van der Waals surface area contributed by atoms with Crippen molar-refractivity contribution >= 4 is 11.7 Å². The van der Waals surface area contributed by atoms with Gasteiger partial charge in [-0.2, -0.15) is 0 Å². The van der Waals surface area contributed by atoms with Gasteiger partial charge in [-0.15, -0.1) is 0 Å². The summed E-state index contributed by atoms with van der Waals surface area (Å²) in [4.78, 5) is 22.6. The Hall–Kier alpha value is -3.42. The van der Waals surface area contributed by atoms with Crippen LogP contribution in [-0.2, 0) is 13.0 Å². The van der Waals surface area contributed by atoms with Crippen LogP contribution in [0.4, 0.5) is 23.7 Å². The minimum absolute atomic E-state index is 0.223. The molecule has 1 aliphatic heterocycles. The Balaban J connectivity index is 1.50. The lowest BCUT2D eigenvalue weighted by Crippen LogP contribution is -2.39. The van der Waals surface area contributed by atoms with Gasteiger partial charge in [0.25, 0.3) is 0 Å². The predicted molar refractivity (Wildman–Crippen MR) is 96.9 cm³/mol. The van der Waals surface area contributed by atoms with E-state index in [2.05, 4.69) is 15.3 Å². The minimum atomic E-state index is -0.835. The smallest absolute Gasteiger partial charge is 0.320 e. The topological polar surface area (TPSA) is 58.1 Å². The highest BCUT2D eigenvalue weighted by Gasteiger charge is 2.24. The van der Waals surface area contributed by atoms with Crippen molar-refractivity contribution in [2.45, 2.75) is 13.0 Å². The third-order valence-electron chi connectivity index (χ3n) is 4.52. The number of rotatable bonds is 2. The molecular formula is C20H15F3N4O. The molecule has 0 bridgehead atoms. The number of urea groups is 1. The molecule has 1 aliphatic rings. The number of benzene rings is 2. The number of aromatic nitrogens is 2. The lowest BCUT2D eigenvalue weighted by atomic mass is 10.1. The van der Waals surface area contributed by atoms with Crippen LogP contribution >= 0.6 is 0 Å². The van der Waals surface area contributed by atoms with E-state index in [1.54, 1.807) is 18.3 Å². The molecule has 1 N–H and O–H groups in total. The summed E-state index contributed by atoms with van der Waals surface area (Å²) in [6, 6.07) is 8.66. The SMILES string of the molecule is O=C(Nc1c(F)cccc1F)N1CCc2nc(-c3ccc(F)cc3)ncc2C1. The average Bonchev–Trinajstić information content (AvgIpc) is 2.70. The van der Waals surface area contributed by atoms with Gasteiger partial charge in [0.15, 0.2) is 5.82 Å². The summed E-state index contributed by atoms with van der Waals surface area (Å²) >= 11 is 0. The second kappa shape index (κ2) is 7.30. The predicted octanol–water partition coefficient (Wildman–Crippen LogP) is 4.15. The van der Waals surface area contributed by atoms with Crippen LogP contribution in [0, 0.1) is 17.5 Å². The number of hydrogen-bond donors (Lipinski definition) is 1. The molecule has 8 heteroatoms. The summed E-state index contributed by atoms with van der Waals surface area (Å²) in [7, 11) is 0. The van der Waals surface area contributed by atoms with Gasteiger partial charge >= 0.3 is 6.03 Å². The van der Waals surface area contributed by atoms with Crippen LogP contribution in [0.3, 0.4) is 0 Å². The largest absolute Gasteiger partial charge is 0.322 e. The van der Waals surface area contributed by atoms with Gasteiger partial charge in [-0.1, -0.05) is 6.07 Å². The highest BCUT2D eigenvalue weighted by Crippen LogP contribution is 2.23. The Labute approximate surface area is 158 Å². The number of carbonyl (C=O) groups excluding carboxylic acids is 1. The quantitative estimate of drug-likeness (QED) is 0.722. The Bertz CT molecular complexity index is 1020. The normalized spacial score (nSPS) is 13.2. The van der Waals surface area contributed by atoms with Crippen LogP contribution in [-0.4, -0.2) is 27.4 Å². The molecular weight excluding hydrogens is 369 g/mol. The van der Waals surface area contributed by atoms with Crippen molar-refractivity contribution < 1.29 is 18.0 Å². The second-order valence-corrected chi connectivity index (χ2v) is 6.37. The maximum absolute atomic E-state index is 13.7. The van der Waals surface area contributed by atoms with Crippen LogP contribution in [0.15, 0.2) is 48.7 Å². The van der Waals surface area contributed by atoms with Crippen LogP contribution in [0.25, 0.3) is 11.4 Å². The first-order valence-corrected chi connectivity index (χ1v) is 8.62. The van der Waals surface area contributed by atoms with Gasteiger partial charge < -0.3 is 10.2 Å². The van der Waals surface area contributed by atoms with E-state index in [1.807, 2.05) is 0 Å². The van der Waals surface area contributed by atoms with Crippen LogP contribution < -0.4 is 5.32 Å². The molecule has 1 aromatic heterocycles. The number of para-hydroxylation sites is 1. The fourth-order valence-electron chi connectivity index (χ4n) is 3.03. The lowest BCUT2D eigenvalue weighted by molar-refractivity contribution is 0.205. The highest BCUT2D eigenvalue weighted by molar-refractivity contribution is 5.89. The number of hydrogen-bond acceptors (Lipinski definition) is 3. The van der Waals surface area contributed by atoms with Gasteiger partial charge in [-0.25, -0.2) is 27.9 Å². The maximum Gasteiger partial charge on any atom is 0.322 e. The monoisotopic (exact) mass is 384 g/mol. The number of fused-ring (bicyclic) bond motifs is 1. The lowest BCUT2D eigenvalue weighted by Gasteiger charge is -2.28. The number of nitrogens with zero attached hydrogens (tertiary/aromatic N) is 3. The zero-order valence-corrected chi connectivity index (χ0v) is 14.6. The first-order chi connectivity index (χ1) is 13.5. The molecule has 2 heterocycles. The molecule has 0 saturated heterocycles. The fourth-order valence-corrected chi connectivity index (χ4v) is 3.03. The number of anilines is 1. The molecule has 0 saturated carbocycles. The molecule has 0 fully saturated rings. The second-order valence-electron chi connectivity index (χ2n) is 6.37. The standard InChI is InChI=1S/C20H15F3N4O/c21-14-6-4-12(5-7-14)19-24-10-13-11-27(9-8-17(13)25-19)20(28)26-18-15(22)2-1-3-16(18)23/h1-7,10H,8-9,11H2,(H,26,28). The third-order valence-corrected chi connectivity index (χ3v) is 4.52. The molecule has 4 rings (SSSR count). The molecule has 0 aliphatic carbocycles. The number of carbonyl (C=O) groups is 1. The molecule has 0 radical (unpaired) electrons. The van der Waals surface area contributed by atoms with Crippen LogP contribution in [0.2, 0.25) is 0 Å². The van der Waals surface area contributed by atoms with Crippen molar-refractivity contribution in [3.8, 4) is 11.4 Å². The van der Waals surface area contributed by atoms with E-state index in [4.69, 9.17) is 0 Å². The molecule has 0 unspecified atom stereocenters. The average molecular weight is 384 g/mol. The Morgan fingerprint density at radius 1 is 1.04 bits per heavy atom. The summed E-state index contributed by atoms with van der Waals surface area (Å²) < 4.78 is 40.5. The zero-order valence-electron chi connectivity index (χ0n) is 14.6. The zero-order chi connectivity index (χ0) is 19.7. The van der Waals surface area contributed by atoms with E-state index in [0.717, 1.165) is 23.4 Å². The maximum atomic E-state index is 13.7. The van der Waals surface area contributed by atoms with Crippen molar-refractivity contribution in [2.75, 3.05) is 11.9 Å². The first-order valence-electron chi connectivity index (χ1n) is 8.62. The van der Waals surface area contributed by atoms with Gasteiger partial charge in [0, 0.05) is 30.3 Å². The van der Waals surface area contributed by atoms with Crippen LogP contribution in [0.1, 0.15) is 11.3 Å². The summed E-state index contributed by atoms with van der Waals surface area (Å²) in [6.45, 7) is 0.565. The van der Waals surface area contributed by atoms with E-state index >= 15 is 0 Å². The van der Waals surface area contributed by atoms with Crippen molar-refractivity contribution in [3.05, 3.63) is 77.4 Å². The van der Waals surface area contributed by atoms with E-state index in [-0.39, 0.29) is 12.4 Å². The molecule has 3 aromatic rings. The molecule has 142 valence electrons. The molecule has 5 nitrogen and oxygen atoms in total. The van der Waals surface area contributed by atoms with Crippen molar-refractivity contribution in [1.82, 2.24) is 14.9 Å². The minimum Gasteiger partial charge on any atom is -0.320 e. The van der Waals surface area contributed by atoms with Crippen molar-refractivity contribution in [1.29, 1.82) is 0 Å². The molecule has 0 atom stereocenters.